The van der Waals surface area contributed by atoms with Crippen molar-refractivity contribution >= 4 is 29.4 Å². The van der Waals surface area contributed by atoms with Crippen molar-refractivity contribution in [3.8, 4) is 0 Å². The molecule has 7 heteroatoms. The maximum absolute atomic E-state index is 11.6. The van der Waals surface area contributed by atoms with E-state index in [0.717, 1.165) is 11.3 Å². The highest BCUT2D eigenvalue weighted by Gasteiger charge is 2.16. The van der Waals surface area contributed by atoms with Gasteiger partial charge in [0.25, 0.3) is 0 Å². The number of nitrogens with zero attached hydrogens (tertiary/aromatic N) is 3. The summed E-state index contributed by atoms with van der Waals surface area (Å²) in [4.78, 5) is 24.5. The van der Waals surface area contributed by atoms with Gasteiger partial charge in [-0.25, -0.2) is 10.9 Å². The number of anilines is 1. The van der Waals surface area contributed by atoms with Gasteiger partial charge in [0.05, 0.1) is 24.8 Å². The van der Waals surface area contributed by atoms with E-state index in [1.54, 1.807) is 6.21 Å². The predicted molar refractivity (Wildman–Crippen MR) is 81.3 cm³/mol. The van der Waals surface area contributed by atoms with E-state index in [2.05, 4.69) is 21.1 Å². The second kappa shape index (κ2) is 6.65. The molecule has 21 heavy (non-hydrogen) atoms. The minimum absolute atomic E-state index is 0.0651. The summed E-state index contributed by atoms with van der Waals surface area (Å²) in [5.41, 5.74) is 7.20. The fourth-order valence-corrected chi connectivity index (χ4v) is 1.77. The first kappa shape index (κ1) is 14.7. The van der Waals surface area contributed by atoms with Crippen molar-refractivity contribution in [2.24, 2.45) is 10.2 Å². The molecule has 2 amide bonds. The van der Waals surface area contributed by atoms with Crippen LogP contribution in [-0.4, -0.2) is 37.8 Å². The Morgan fingerprint density at radius 3 is 2.71 bits per heavy atom. The average Bonchev–Trinajstić information content (AvgIpc) is 2.84. The van der Waals surface area contributed by atoms with Crippen LogP contribution in [0.15, 0.2) is 34.5 Å². The number of hydrogen-bond donors (Lipinski definition) is 2. The average molecular weight is 287 g/mol. The monoisotopic (exact) mass is 287 g/mol. The standard InChI is InChI=1S/C14H17N5O2/c1-19(2)12-5-3-10(4-6-12)9-15-17-13(20)7-11-8-14(21)18-16-11/h3-6,9H,7-8H2,1-2H3,(H,17,20)(H,18,21)/b15-9-. The van der Waals surface area contributed by atoms with Crippen LogP contribution in [0.3, 0.4) is 0 Å². The SMILES string of the molecule is CN(C)c1ccc(/C=N\NC(=O)CC2=NNC(=O)C2)cc1. The number of nitrogens with one attached hydrogen (secondary N) is 2. The molecular weight excluding hydrogens is 270 g/mol. The number of benzene rings is 1. The van der Waals surface area contributed by atoms with E-state index < -0.39 is 0 Å². The minimum atomic E-state index is -0.300. The lowest BCUT2D eigenvalue weighted by molar-refractivity contribution is -0.119. The van der Waals surface area contributed by atoms with Gasteiger partial charge in [-0.2, -0.15) is 10.2 Å². The molecule has 0 aliphatic carbocycles. The first-order valence-corrected chi connectivity index (χ1v) is 6.48. The Bertz CT molecular complexity index is 590. The molecule has 2 N–H and O–H groups in total. The van der Waals surface area contributed by atoms with Crippen LogP contribution in [0.4, 0.5) is 5.69 Å². The molecule has 0 bridgehead atoms. The molecule has 110 valence electrons. The maximum Gasteiger partial charge on any atom is 0.245 e. The lowest BCUT2D eigenvalue weighted by atomic mass is 10.2. The molecule has 0 fully saturated rings. The van der Waals surface area contributed by atoms with Gasteiger partial charge in [-0.15, -0.1) is 0 Å². The smallest absolute Gasteiger partial charge is 0.245 e. The molecule has 1 aromatic carbocycles. The fraction of sp³-hybridized carbons (Fsp3) is 0.286. The third kappa shape index (κ3) is 4.41. The molecule has 1 heterocycles. The highest BCUT2D eigenvalue weighted by atomic mass is 16.2. The second-order valence-electron chi connectivity index (χ2n) is 4.85. The number of carbonyl (C=O) groups is 2. The van der Waals surface area contributed by atoms with Crippen LogP contribution in [0, 0.1) is 0 Å². The molecule has 0 unspecified atom stereocenters. The zero-order valence-corrected chi connectivity index (χ0v) is 12.0. The van der Waals surface area contributed by atoms with Crippen LogP contribution in [0.5, 0.6) is 0 Å². The van der Waals surface area contributed by atoms with Crippen LogP contribution in [-0.2, 0) is 9.59 Å². The summed E-state index contributed by atoms with van der Waals surface area (Å²) in [7, 11) is 3.93. The van der Waals surface area contributed by atoms with Crippen LogP contribution in [0.1, 0.15) is 18.4 Å². The lowest BCUT2D eigenvalue weighted by Crippen LogP contribution is -2.20. The Morgan fingerprint density at radius 1 is 1.43 bits per heavy atom. The molecule has 0 atom stereocenters. The summed E-state index contributed by atoms with van der Waals surface area (Å²) in [6.45, 7) is 0. The normalized spacial score (nSPS) is 14.0. The van der Waals surface area contributed by atoms with Crippen molar-refractivity contribution < 1.29 is 9.59 Å². The predicted octanol–water partition coefficient (Wildman–Crippen LogP) is 0.469. The number of hydrogen-bond acceptors (Lipinski definition) is 5. The van der Waals surface area contributed by atoms with Crippen molar-refractivity contribution in [1.82, 2.24) is 10.9 Å². The summed E-state index contributed by atoms with van der Waals surface area (Å²) in [6, 6.07) is 7.75. The summed E-state index contributed by atoms with van der Waals surface area (Å²) in [5, 5.41) is 7.63. The van der Waals surface area contributed by atoms with Crippen LogP contribution in [0.2, 0.25) is 0 Å². The van der Waals surface area contributed by atoms with E-state index in [4.69, 9.17) is 0 Å². The Morgan fingerprint density at radius 2 is 2.14 bits per heavy atom. The third-order valence-corrected chi connectivity index (χ3v) is 2.88. The summed E-state index contributed by atoms with van der Waals surface area (Å²) >= 11 is 0. The van der Waals surface area contributed by atoms with E-state index in [-0.39, 0.29) is 24.7 Å². The van der Waals surface area contributed by atoms with Crippen molar-refractivity contribution in [3.05, 3.63) is 29.8 Å². The maximum atomic E-state index is 11.6. The summed E-state index contributed by atoms with van der Waals surface area (Å²) in [5.74, 6) is -0.492. The zero-order valence-electron chi connectivity index (χ0n) is 12.0. The number of carbonyl (C=O) groups excluding carboxylic acids is 2. The van der Waals surface area contributed by atoms with E-state index in [1.165, 1.54) is 0 Å². The van der Waals surface area contributed by atoms with Gasteiger partial charge >= 0.3 is 0 Å². The molecule has 0 saturated carbocycles. The molecule has 2 rings (SSSR count). The molecule has 1 aliphatic rings. The highest BCUT2D eigenvalue weighted by molar-refractivity contribution is 6.11. The van der Waals surface area contributed by atoms with Gasteiger partial charge in [-0.05, 0) is 17.7 Å². The van der Waals surface area contributed by atoms with Crippen molar-refractivity contribution in [3.63, 3.8) is 0 Å². The van der Waals surface area contributed by atoms with E-state index in [1.807, 2.05) is 43.3 Å². The van der Waals surface area contributed by atoms with Crippen LogP contribution in [0.25, 0.3) is 0 Å². The zero-order chi connectivity index (χ0) is 15.2. The number of rotatable bonds is 5. The van der Waals surface area contributed by atoms with Crippen molar-refractivity contribution in [2.75, 3.05) is 19.0 Å². The van der Waals surface area contributed by atoms with Gasteiger partial charge in [-0.1, -0.05) is 12.1 Å². The van der Waals surface area contributed by atoms with Crippen LogP contribution < -0.4 is 15.8 Å². The molecule has 0 saturated heterocycles. The van der Waals surface area contributed by atoms with E-state index >= 15 is 0 Å². The first-order chi connectivity index (χ1) is 10.0. The molecule has 1 aliphatic heterocycles. The van der Waals surface area contributed by atoms with E-state index in [0.29, 0.717) is 5.71 Å². The molecule has 1 aromatic rings. The molecular formula is C14H17N5O2. The Hall–Kier alpha value is -2.70. The van der Waals surface area contributed by atoms with Crippen molar-refractivity contribution in [2.45, 2.75) is 12.8 Å². The highest BCUT2D eigenvalue weighted by Crippen LogP contribution is 2.10. The van der Waals surface area contributed by atoms with Gasteiger partial charge in [0, 0.05) is 19.8 Å². The topological polar surface area (TPSA) is 86.2 Å². The van der Waals surface area contributed by atoms with Gasteiger partial charge in [-0.3, -0.25) is 9.59 Å². The van der Waals surface area contributed by atoms with E-state index in [9.17, 15) is 9.59 Å². The first-order valence-electron chi connectivity index (χ1n) is 6.48. The largest absolute Gasteiger partial charge is 0.378 e. The minimum Gasteiger partial charge on any atom is -0.378 e. The Kier molecular flexibility index (Phi) is 4.65. The lowest BCUT2D eigenvalue weighted by Gasteiger charge is -2.11. The van der Waals surface area contributed by atoms with Gasteiger partial charge < -0.3 is 4.90 Å². The fourth-order valence-electron chi connectivity index (χ4n) is 1.77. The quantitative estimate of drug-likeness (QED) is 0.609. The Balaban J connectivity index is 1.81. The Labute approximate surface area is 122 Å². The van der Waals surface area contributed by atoms with Gasteiger partial charge in [0.2, 0.25) is 11.8 Å². The van der Waals surface area contributed by atoms with Crippen molar-refractivity contribution in [1.29, 1.82) is 0 Å². The number of amides is 2. The number of hydrazone groups is 2. The second-order valence-corrected chi connectivity index (χ2v) is 4.85. The van der Waals surface area contributed by atoms with Crippen LogP contribution >= 0.6 is 0 Å². The summed E-state index contributed by atoms with van der Waals surface area (Å²) in [6.07, 6.45) is 1.80. The third-order valence-electron chi connectivity index (χ3n) is 2.88. The molecule has 0 aromatic heterocycles. The molecule has 7 nitrogen and oxygen atoms in total. The van der Waals surface area contributed by atoms with Gasteiger partial charge in [0.15, 0.2) is 0 Å². The molecule has 0 radical (unpaired) electrons. The summed E-state index contributed by atoms with van der Waals surface area (Å²) < 4.78 is 0. The molecule has 0 spiro atoms. The van der Waals surface area contributed by atoms with Gasteiger partial charge in [0.1, 0.15) is 0 Å².